The average molecular weight is 290 g/mol. The fraction of sp³-hybridized carbons (Fsp3) is 0.471. The molecule has 2 nitrogen and oxygen atoms in total. The summed E-state index contributed by atoms with van der Waals surface area (Å²) in [5, 5.41) is 9.66. The van der Waals surface area contributed by atoms with Crippen LogP contribution in [0, 0.1) is 11.3 Å². The van der Waals surface area contributed by atoms with Gasteiger partial charge in [-0.3, -0.25) is 0 Å². The van der Waals surface area contributed by atoms with Gasteiger partial charge in [0.2, 0.25) is 0 Å². The van der Waals surface area contributed by atoms with E-state index in [9.17, 15) is 5.26 Å². The van der Waals surface area contributed by atoms with Gasteiger partial charge in [0.25, 0.3) is 0 Å². The van der Waals surface area contributed by atoms with Gasteiger partial charge in [-0.25, -0.2) is 0 Å². The number of thioether (sulfide) groups is 1. The molecule has 0 aromatic carbocycles. The van der Waals surface area contributed by atoms with Crippen molar-refractivity contribution < 1.29 is 0 Å². The summed E-state index contributed by atoms with van der Waals surface area (Å²) >= 11 is 1.74. The van der Waals surface area contributed by atoms with E-state index in [0.29, 0.717) is 10.8 Å². The number of hydrogen-bond donors (Lipinski definition) is 1. The summed E-state index contributed by atoms with van der Waals surface area (Å²) in [6.07, 6.45) is 9.54. The Morgan fingerprint density at radius 2 is 2.05 bits per heavy atom. The first-order valence-corrected chi connectivity index (χ1v) is 7.91. The Hall–Kier alpha value is -1.24. The zero-order chi connectivity index (χ0) is 15.5. The number of rotatable bonds is 8. The van der Waals surface area contributed by atoms with Crippen molar-refractivity contribution in [2.45, 2.75) is 51.8 Å². The Morgan fingerprint density at radius 3 is 2.45 bits per heavy atom. The minimum atomic E-state index is 0.0588. The number of hydrogen-bond acceptors (Lipinski definition) is 3. The predicted octanol–water partition coefficient (Wildman–Crippen LogP) is 4.72. The highest BCUT2D eigenvalue weighted by Crippen LogP contribution is 2.34. The maximum Gasteiger partial charge on any atom is 0.100 e. The highest BCUT2D eigenvalue weighted by Gasteiger charge is 2.13. The normalized spacial score (nSPS) is 16.5. The van der Waals surface area contributed by atoms with Gasteiger partial charge in [0.15, 0.2) is 0 Å². The smallest absolute Gasteiger partial charge is 0.100 e. The molecular formula is C17H26N2S. The standard InChI is InChI=1S/C17H26N2S/c1-6-9-15(12-18)17(13(4)7-2)20-16(8-3)11-10-14(5)19/h6,9-11,14,16H,1,7-8,19H2,2-5H3/b11-10-,15-9-,17-13-. The van der Waals surface area contributed by atoms with Crippen LogP contribution in [0.1, 0.15) is 40.5 Å². The highest BCUT2D eigenvalue weighted by atomic mass is 32.2. The summed E-state index contributed by atoms with van der Waals surface area (Å²) in [5.74, 6) is 0. The molecule has 2 N–H and O–H groups in total. The van der Waals surface area contributed by atoms with Crippen LogP contribution in [-0.2, 0) is 0 Å². The molecule has 0 aliphatic carbocycles. The summed E-state index contributed by atoms with van der Waals surface area (Å²) < 4.78 is 0. The summed E-state index contributed by atoms with van der Waals surface area (Å²) in [6.45, 7) is 12.0. The lowest BCUT2D eigenvalue weighted by atomic mass is 10.1. The molecule has 0 heterocycles. The van der Waals surface area contributed by atoms with Crippen molar-refractivity contribution in [3.8, 4) is 6.07 Å². The fourth-order valence-corrected chi connectivity index (χ4v) is 2.77. The van der Waals surface area contributed by atoms with Crippen LogP contribution < -0.4 is 5.73 Å². The summed E-state index contributed by atoms with van der Waals surface area (Å²) in [5.41, 5.74) is 7.69. The number of nitrogens with two attached hydrogens (primary N) is 1. The van der Waals surface area contributed by atoms with Crippen LogP contribution in [0.2, 0.25) is 0 Å². The number of allylic oxidation sites excluding steroid dienone is 4. The molecule has 0 saturated heterocycles. The third kappa shape index (κ3) is 6.79. The van der Waals surface area contributed by atoms with Crippen LogP contribution in [0.5, 0.6) is 0 Å². The van der Waals surface area contributed by atoms with Crippen LogP contribution in [0.3, 0.4) is 0 Å². The second-order valence-corrected chi connectivity index (χ2v) is 5.95. The Morgan fingerprint density at radius 1 is 1.40 bits per heavy atom. The van der Waals surface area contributed by atoms with Crippen LogP contribution in [0.15, 0.2) is 46.9 Å². The van der Waals surface area contributed by atoms with Crippen molar-refractivity contribution >= 4 is 11.8 Å². The van der Waals surface area contributed by atoms with Gasteiger partial charge < -0.3 is 5.73 Å². The first-order valence-electron chi connectivity index (χ1n) is 7.03. The van der Waals surface area contributed by atoms with E-state index in [2.05, 4.69) is 39.5 Å². The van der Waals surface area contributed by atoms with E-state index in [1.165, 1.54) is 5.57 Å². The Kier molecular flexibility index (Phi) is 9.88. The predicted molar refractivity (Wildman–Crippen MR) is 91.3 cm³/mol. The van der Waals surface area contributed by atoms with Gasteiger partial charge in [0.05, 0.1) is 5.57 Å². The molecule has 3 heteroatoms. The molecule has 0 radical (unpaired) electrons. The molecule has 20 heavy (non-hydrogen) atoms. The van der Waals surface area contributed by atoms with Gasteiger partial charge >= 0.3 is 0 Å². The van der Waals surface area contributed by atoms with Crippen molar-refractivity contribution in [3.05, 3.63) is 46.9 Å². The molecule has 110 valence electrons. The minimum absolute atomic E-state index is 0.0588. The molecule has 0 aromatic rings. The molecule has 0 aliphatic heterocycles. The SMILES string of the molecule is C=C/C=C(C#N)\C(SC(/C=C\C(C)N)CC)=C(/C)CC. The molecule has 0 bridgehead atoms. The van der Waals surface area contributed by atoms with Crippen molar-refractivity contribution in [1.29, 1.82) is 5.26 Å². The third-order valence-corrected chi connectivity index (χ3v) is 4.47. The van der Waals surface area contributed by atoms with Crippen LogP contribution in [-0.4, -0.2) is 11.3 Å². The first kappa shape index (κ1) is 18.8. The Bertz CT molecular complexity index is 436. The molecular weight excluding hydrogens is 264 g/mol. The van der Waals surface area contributed by atoms with Gasteiger partial charge in [-0.2, -0.15) is 5.26 Å². The molecule has 2 atom stereocenters. The van der Waals surface area contributed by atoms with Crippen molar-refractivity contribution in [2.75, 3.05) is 0 Å². The quantitative estimate of drug-likeness (QED) is 0.400. The molecule has 2 unspecified atom stereocenters. The van der Waals surface area contributed by atoms with Gasteiger partial charge in [-0.15, -0.1) is 11.8 Å². The number of nitrogens with zero attached hydrogens (tertiary/aromatic N) is 1. The lowest BCUT2D eigenvalue weighted by Crippen LogP contribution is -2.11. The Labute approximate surface area is 128 Å². The van der Waals surface area contributed by atoms with E-state index < -0.39 is 0 Å². The van der Waals surface area contributed by atoms with Crippen molar-refractivity contribution in [1.82, 2.24) is 0 Å². The molecule has 0 spiro atoms. The van der Waals surface area contributed by atoms with Gasteiger partial charge in [0, 0.05) is 16.2 Å². The lowest BCUT2D eigenvalue weighted by Gasteiger charge is -2.15. The van der Waals surface area contributed by atoms with E-state index in [1.807, 2.05) is 13.0 Å². The monoisotopic (exact) mass is 290 g/mol. The van der Waals surface area contributed by atoms with E-state index in [-0.39, 0.29) is 6.04 Å². The van der Waals surface area contributed by atoms with Crippen molar-refractivity contribution in [2.24, 2.45) is 5.73 Å². The zero-order valence-corrected chi connectivity index (χ0v) is 13.8. The van der Waals surface area contributed by atoms with Crippen LogP contribution in [0.4, 0.5) is 0 Å². The summed E-state index contributed by atoms with van der Waals surface area (Å²) in [4.78, 5) is 1.07. The Balaban J connectivity index is 5.34. The van der Waals surface area contributed by atoms with E-state index in [4.69, 9.17) is 5.73 Å². The van der Waals surface area contributed by atoms with Crippen LogP contribution >= 0.6 is 11.8 Å². The molecule has 0 aliphatic rings. The van der Waals surface area contributed by atoms with E-state index >= 15 is 0 Å². The summed E-state index contributed by atoms with van der Waals surface area (Å²) in [6, 6.07) is 2.33. The maximum atomic E-state index is 9.32. The van der Waals surface area contributed by atoms with Crippen molar-refractivity contribution in [3.63, 3.8) is 0 Å². The first-order chi connectivity index (χ1) is 9.49. The maximum absolute atomic E-state index is 9.32. The average Bonchev–Trinajstić information content (AvgIpc) is 2.44. The van der Waals surface area contributed by atoms with E-state index in [0.717, 1.165) is 17.7 Å². The molecule has 0 amide bonds. The van der Waals surface area contributed by atoms with Gasteiger partial charge in [0.1, 0.15) is 6.07 Å². The zero-order valence-electron chi connectivity index (χ0n) is 13.0. The number of nitriles is 1. The minimum Gasteiger partial charge on any atom is -0.325 e. The van der Waals surface area contributed by atoms with Gasteiger partial charge in [-0.05, 0) is 32.8 Å². The molecule has 0 aromatic heterocycles. The van der Waals surface area contributed by atoms with Gasteiger partial charge in [-0.1, -0.05) is 44.2 Å². The lowest BCUT2D eigenvalue weighted by molar-refractivity contribution is 0.903. The second-order valence-electron chi connectivity index (χ2n) is 4.70. The third-order valence-electron chi connectivity index (χ3n) is 2.87. The van der Waals surface area contributed by atoms with E-state index in [1.54, 1.807) is 23.9 Å². The summed E-state index contributed by atoms with van der Waals surface area (Å²) in [7, 11) is 0. The highest BCUT2D eigenvalue weighted by molar-refractivity contribution is 8.04. The largest absolute Gasteiger partial charge is 0.325 e. The molecule has 0 saturated carbocycles. The van der Waals surface area contributed by atoms with Crippen LogP contribution in [0.25, 0.3) is 0 Å². The topological polar surface area (TPSA) is 49.8 Å². The molecule has 0 rings (SSSR count). The molecule has 0 fully saturated rings. The second kappa shape index (κ2) is 10.5. The fourth-order valence-electron chi connectivity index (χ4n) is 1.55.